The molecule has 1 heterocycles. The molecule has 0 radical (unpaired) electrons. The van der Waals surface area contributed by atoms with Gasteiger partial charge in [-0.3, -0.25) is 4.57 Å². The standard InChI is InChI=1S/C17H16FN3/c18-16-9-5-4-6-14(16)10-11-19-17-20-12-13-21(17)15-7-2-1-3-8-15/h1-9,12-13H,10-11H2,(H,19,20). The Balaban J connectivity index is 1.67. The van der Waals surface area contributed by atoms with Crippen molar-refractivity contribution < 1.29 is 4.39 Å². The van der Waals surface area contributed by atoms with Crippen molar-refractivity contribution in [1.82, 2.24) is 9.55 Å². The Hall–Kier alpha value is -2.62. The van der Waals surface area contributed by atoms with E-state index in [4.69, 9.17) is 0 Å². The van der Waals surface area contributed by atoms with Gasteiger partial charge in [-0.25, -0.2) is 9.37 Å². The summed E-state index contributed by atoms with van der Waals surface area (Å²) in [6.07, 6.45) is 4.27. The third-order valence-electron chi connectivity index (χ3n) is 3.31. The molecule has 1 aromatic heterocycles. The van der Waals surface area contributed by atoms with E-state index in [0.29, 0.717) is 18.5 Å². The van der Waals surface area contributed by atoms with E-state index in [1.807, 2.05) is 47.2 Å². The molecule has 0 fully saturated rings. The first kappa shape index (κ1) is 13.4. The van der Waals surface area contributed by atoms with Crippen molar-refractivity contribution in [3.05, 3.63) is 78.4 Å². The molecule has 0 saturated heterocycles. The topological polar surface area (TPSA) is 29.9 Å². The Kier molecular flexibility index (Phi) is 3.96. The Morgan fingerprint density at radius 1 is 1.00 bits per heavy atom. The van der Waals surface area contributed by atoms with Crippen LogP contribution in [0.15, 0.2) is 67.0 Å². The fraction of sp³-hybridized carbons (Fsp3) is 0.118. The molecule has 0 amide bonds. The normalized spacial score (nSPS) is 10.5. The number of para-hydroxylation sites is 1. The van der Waals surface area contributed by atoms with Crippen LogP contribution in [-0.4, -0.2) is 16.1 Å². The summed E-state index contributed by atoms with van der Waals surface area (Å²) in [5.74, 6) is 0.600. The van der Waals surface area contributed by atoms with Crippen LogP contribution in [0, 0.1) is 5.82 Å². The van der Waals surface area contributed by atoms with Gasteiger partial charge in [0.2, 0.25) is 5.95 Å². The molecular weight excluding hydrogens is 265 g/mol. The van der Waals surface area contributed by atoms with E-state index < -0.39 is 0 Å². The number of anilines is 1. The highest BCUT2D eigenvalue weighted by Crippen LogP contribution is 2.14. The molecule has 1 N–H and O–H groups in total. The third-order valence-corrected chi connectivity index (χ3v) is 3.31. The van der Waals surface area contributed by atoms with Crippen molar-refractivity contribution in [2.24, 2.45) is 0 Å². The predicted octanol–water partition coefficient (Wildman–Crippen LogP) is 3.67. The highest BCUT2D eigenvalue weighted by Gasteiger charge is 2.05. The van der Waals surface area contributed by atoms with Gasteiger partial charge < -0.3 is 5.32 Å². The van der Waals surface area contributed by atoms with E-state index >= 15 is 0 Å². The van der Waals surface area contributed by atoms with E-state index in [0.717, 1.165) is 11.6 Å². The molecule has 3 nitrogen and oxygen atoms in total. The smallest absolute Gasteiger partial charge is 0.207 e. The van der Waals surface area contributed by atoms with Crippen molar-refractivity contribution >= 4 is 5.95 Å². The molecule has 0 bridgehead atoms. The highest BCUT2D eigenvalue weighted by atomic mass is 19.1. The molecule has 4 heteroatoms. The maximum Gasteiger partial charge on any atom is 0.207 e. The van der Waals surface area contributed by atoms with Gasteiger partial charge in [-0.2, -0.15) is 0 Å². The molecule has 2 aromatic carbocycles. The zero-order chi connectivity index (χ0) is 14.5. The second-order valence-electron chi connectivity index (χ2n) is 4.72. The quantitative estimate of drug-likeness (QED) is 0.773. The zero-order valence-corrected chi connectivity index (χ0v) is 11.5. The summed E-state index contributed by atoms with van der Waals surface area (Å²) in [6, 6.07) is 16.8. The maximum absolute atomic E-state index is 13.6. The molecule has 0 unspecified atom stereocenters. The van der Waals surface area contributed by atoms with Crippen molar-refractivity contribution in [2.45, 2.75) is 6.42 Å². The van der Waals surface area contributed by atoms with Crippen LogP contribution >= 0.6 is 0 Å². The minimum absolute atomic E-state index is 0.161. The Labute approximate surface area is 123 Å². The van der Waals surface area contributed by atoms with Gasteiger partial charge in [0.05, 0.1) is 0 Å². The maximum atomic E-state index is 13.6. The van der Waals surface area contributed by atoms with Crippen molar-refractivity contribution in [3.8, 4) is 5.69 Å². The van der Waals surface area contributed by atoms with Crippen LogP contribution in [-0.2, 0) is 6.42 Å². The number of benzene rings is 2. The van der Waals surface area contributed by atoms with Gasteiger partial charge in [0, 0.05) is 24.6 Å². The summed E-state index contributed by atoms with van der Waals surface area (Å²) in [4.78, 5) is 4.30. The summed E-state index contributed by atoms with van der Waals surface area (Å²) in [7, 11) is 0. The number of rotatable bonds is 5. The lowest BCUT2D eigenvalue weighted by Gasteiger charge is -2.10. The molecule has 3 rings (SSSR count). The van der Waals surface area contributed by atoms with E-state index in [1.165, 1.54) is 6.07 Å². The minimum Gasteiger partial charge on any atom is -0.355 e. The molecule has 0 saturated carbocycles. The van der Waals surface area contributed by atoms with Crippen LogP contribution < -0.4 is 5.32 Å². The Morgan fingerprint density at radius 2 is 1.76 bits per heavy atom. The van der Waals surface area contributed by atoms with Gasteiger partial charge in [0.1, 0.15) is 5.82 Å². The molecule has 0 aliphatic carbocycles. The average Bonchev–Trinajstić information content (AvgIpc) is 2.99. The van der Waals surface area contributed by atoms with Crippen molar-refractivity contribution in [3.63, 3.8) is 0 Å². The van der Waals surface area contributed by atoms with Crippen LogP contribution in [0.1, 0.15) is 5.56 Å². The number of imidazole rings is 1. The van der Waals surface area contributed by atoms with E-state index in [9.17, 15) is 4.39 Å². The molecule has 0 spiro atoms. The van der Waals surface area contributed by atoms with Crippen LogP contribution in [0.2, 0.25) is 0 Å². The van der Waals surface area contributed by atoms with Crippen LogP contribution in [0.3, 0.4) is 0 Å². The van der Waals surface area contributed by atoms with Gasteiger partial charge in [0.15, 0.2) is 0 Å². The molecule has 106 valence electrons. The fourth-order valence-corrected chi connectivity index (χ4v) is 2.24. The number of hydrogen-bond donors (Lipinski definition) is 1. The van der Waals surface area contributed by atoms with Gasteiger partial charge in [0.25, 0.3) is 0 Å². The SMILES string of the molecule is Fc1ccccc1CCNc1nccn1-c1ccccc1. The predicted molar refractivity (Wildman–Crippen MR) is 82.2 cm³/mol. The molecule has 21 heavy (non-hydrogen) atoms. The van der Waals surface area contributed by atoms with Crippen LogP contribution in [0.4, 0.5) is 10.3 Å². The van der Waals surface area contributed by atoms with Crippen LogP contribution in [0.5, 0.6) is 0 Å². The first-order valence-corrected chi connectivity index (χ1v) is 6.90. The first-order valence-electron chi connectivity index (χ1n) is 6.90. The lowest BCUT2D eigenvalue weighted by Crippen LogP contribution is -2.10. The van der Waals surface area contributed by atoms with Gasteiger partial charge in [-0.15, -0.1) is 0 Å². The van der Waals surface area contributed by atoms with Gasteiger partial charge in [-0.1, -0.05) is 36.4 Å². The Bertz CT molecular complexity index is 707. The van der Waals surface area contributed by atoms with E-state index in [1.54, 1.807) is 18.3 Å². The largest absolute Gasteiger partial charge is 0.355 e. The fourth-order valence-electron chi connectivity index (χ4n) is 2.24. The summed E-state index contributed by atoms with van der Waals surface area (Å²) in [6.45, 7) is 0.630. The summed E-state index contributed by atoms with van der Waals surface area (Å²) >= 11 is 0. The number of hydrogen-bond acceptors (Lipinski definition) is 2. The van der Waals surface area contributed by atoms with Gasteiger partial charge in [-0.05, 0) is 30.2 Å². The third kappa shape index (κ3) is 3.11. The van der Waals surface area contributed by atoms with Gasteiger partial charge >= 0.3 is 0 Å². The molecule has 3 aromatic rings. The lowest BCUT2D eigenvalue weighted by atomic mass is 10.1. The monoisotopic (exact) mass is 281 g/mol. The zero-order valence-electron chi connectivity index (χ0n) is 11.5. The van der Waals surface area contributed by atoms with Crippen molar-refractivity contribution in [2.75, 3.05) is 11.9 Å². The Morgan fingerprint density at radius 3 is 2.57 bits per heavy atom. The molecule has 0 aliphatic rings. The first-order chi connectivity index (χ1) is 10.3. The number of nitrogens with zero attached hydrogens (tertiary/aromatic N) is 2. The molecular formula is C17H16FN3. The van der Waals surface area contributed by atoms with E-state index in [2.05, 4.69) is 10.3 Å². The number of nitrogens with one attached hydrogen (secondary N) is 1. The lowest BCUT2D eigenvalue weighted by molar-refractivity contribution is 0.610. The second kappa shape index (κ2) is 6.22. The van der Waals surface area contributed by atoms with Crippen LogP contribution in [0.25, 0.3) is 5.69 Å². The molecule has 0 aliphatic heterocycles. The molecule has 0 atom stereocenters. The summed E-state index contributed by atoms with van der Waals surface area (Å²) in [5, 5.41) is 3.25. The minimum atomic E-state index is -0.161. The number of aromatic nitrogens is 2. The summed E-state index contributed by atoms with van der Waals surface area (Å²) < 4.78 is 15.5. The average molecular weight is 281 g/mol. The van der Waals surface area contributed by atoms with E-state index in [-0.39, 0.29) is 5.82 Å². The summed E-state index contributed by atoms with van der Waals surface area (Å²) in [5.41, 5.74) is 1.76. The highest BCUT2D eigenvalue weighted by molar-refractivity contribution is 5.41. The van der Waals surface area contributed by atoms with Crippen molar-refractivity contribution in [1.29, 1.82) is 0 Å². The second-order valence-corrected chi connectivity index (χ2v) is 4.72. The number of halogens is 1.